The first-order chi connectivity index (χ1) is 7.65. The smallest absolute Gasteiger partial charge is 0.322 e. The molecule has 88 valence electrons. The van der Waals surface area contributed by atoms with Gasteiger partial charge in [-0.2, -0.15) is 0 Å². The van der Waals surface area contributed by atoms with Gasteiger partial charge in [0.05, 0.1) is 7.11 Å². The van der Waals surface area contributed by atoms with Gasteiger partial charge in [-0.15, -0.1) is 11.8 Å². The number of ether oxygens (including phenoxy) is 1. The minimum absolute atomic E-state index is 0.354. The molecule has 1 aromatic carbocycles. The SMILES string of the molecule is COC(=O)C(N)CCSc1ccccc1Br. The molecule has 0 aliphatic carbocycles. The molecular weight excluding hydrogens is 290 g/mol. The predicted octanol–water partition coefficient (Wildman–Crippen LogP) is 2.43. The topological polar surface area (TPSA) is 52.3 Å². The molecular formula is C11H14BrNO2S. The van der Waals surface area contributed by atoms with Gasteiger partial charge in [0, 0.05) is 15.1 Å². The van der Waals surface area contributed by atoms with Crippen molar-refractivity contribution in [2.75, 3.05) is 12.9 Å². The van der Waals surface area contributed by atoms with E-state index in [1.165, 1.54) is 7.11 Å². The van der Waals surface area contributed by atoms with Crippen LogP contribution >= 0.6 is 27.7 Å². The summed E-state index contributed by atoms with van der Waals surface area (Å²) >= 11 is 5.13. The number of benzene rings is 1. The van der Waals surface area contributed by atoms with E-state index in [1.807, 2.05) is 24.3 Å². The van der Waals surface area contributed by atoms with Gasteiger partial charge in [-0.1, -0.05) is 12.1 Å². The van der Waals surface area contributed by atoms with E-state index < -0.39 is 6.04 Å². The Morgan fingerprint density at radius 2 is 2.25 bits per heavy atom. The van der Waals surface area contributed by atoms with Gasteiger partial charge in [-0.3, -0.25) is 4.79 Å². The maximum Gasteiger partial charge on any atom is 0.322 e. The van der Waals surface area contributed by atoms with E-state index >= 15 is 0 Å². The lowest BCUT2D eigenvalue weighted by molar-refractivity contribution is -0.142. The van der Waals surface area contributed by atoms with Gasteiger partial charge in [-0.25, -0.2) is 0 Å². The average Bonchev–Trinajstić information content (AvgIpc) is 2.30. The van der Waals surface area contributed by atoms with Crippen molar-refractivity contribution in [2.45, 2.75) is 17.4 Å². The van der Waals surface area contributed by atoms with Crippen molar-refractivity contribution in [3.63, 3.8) is 0 Å². The Morgan fingerprint density at radius 3 is 2.88 bits per heavy atom. The van der Waals surface area contributed by atoms with Gasteiger partial charge in [-0.05, 0) is 34.5 Å². The molecule has 0 fully saturated rings. The Kier molecular flexibility index (Phi) is 5.87. The second kappa shape index (κ2) is 6.93. The number of thioether (sulfide) groups is 1. The normalized spacial score (nSPS) is 12.2. The Hall–Kier alpha value is -0.520. The van der Waals surface area contributed by atoms with Crippen molar-refractivity contribution in [2.24, 2.45) is 5.73 Å². The molecule has 0 aliphatic heterocycles. The fraction of sp³-hybridized carbons (Fsp3) is 0.364. The van der Waals surface area contributed by atoms with Crippen LogP contribution in [0.2, 0.25) is 0 Å². The van der Waals surface area contributed by atoms with Gasteiger partial charge in [0.2, 0.25) is 0 Å². The average molecular weight is 304 g/mol. The van der Waals surface area contributed by atoms with Crippen molar-refractivity contribution >= 4 is 33.7 Å². The Morgan fingerprint density at radius 1 is 1.56 bits per heavy atom. The van der Waals surface area contributed by atoms with Gasteiger partial charge >= 0.3 is 5.97 Å². The van der Waals surface area contributed by atoms with Crippen molar-refractivity contribution in [1.29, 1.82) is 0 Å². The number of nitrogens with two attached hydrogens (primary N) is 1. The van der Waals surface area contributed by atoms with Crippen molar-refractivity contribution in [3.8, 4) is 0 Å². The highest BCUT2D eigenvalue weighted by Crippen LogP contribution is 2.27. The molecule has 1 rings (SSSR count). The molecule has 0 radical (unpaired) electrons. The summed E-state index contributed by atoms with van der Waals surface area (Å²) < 4.78 is 5.62. The standard InChI is InChI=1S/C11H14BrNO2S/c1-15-11(14)9(13)6-7-16-10-5-3-2-4-8(10)12/h2-5,9H,6-7,13H2,1H3. The summed E-state index contributed by atoms with van der Waals surface area (Å²) in [6.07, 6.45) is 0.610. The maximum absolute atomic E-state index is 11.1. The third-order valence-corrected chi connectivity index (χ3v) is 4.09. The molecule has 5 heteroatoms. The van der Waals surface area contributed by atoms with Crippen LogP contribution in [0.4, 0.5) is 0 Å². The monoisotopic (exact) mass is 303 g/mol. The second-order valence-corrected chi connectivity index (χ2v) is 5.19. The lowest BCUT2D eigenvalue weighted by atomic mass is 10.2. The molecule has 0 saturated heterocycles. The molecule has 0 saturated carbocycles. The largest absolute Gasteiger partial charge is 0.468 e. The first kappa shape index (κ1) is 13.5. The van der Waals surface area contributed by atoms with Crippen LogP contribution in [0.5, 0.6) is 0 Å². The minimum atomic E-state index is -0.528. The summed E-state index contributed by atoms with van der Waals surface area (Å²) in [6, 6.07) is 7.43. The fourth-order valence-electron chi connectivity index (χ4n) is 1.13. The van der Waals surface area contributed by atoms with E-state index in [0.717, 1.165) is 15.1 Å². The van der Waals surface area contributed by atoms with Gasteiger partial charge < -0.3 is 10.5 Å². The molecule has 1 unspecified atom stereocenters. The summed E-state index contributed by atoms with van der Waals surface area (Å²) in [5.74, 6) is 0.437. The van der Waals surface area contributed by atoms with E-state index in [-0.39, 0.29) is 5.97 Å². The Balaban J connectivity index is 2.36. The van der Waals surface area contributed by atoms with E-state index in [1.54, 1.807) is 11.8 Å². The first-order valence-electron chi connectivity index (χ1n) is 4.86. The van der Waals surface area contributed by atoms with Crippen molar-refractivity contribution in [3.05, 3.63) is 28.7 Å². The van der Waals surface area contributed by atoms with Crippen molar-refractivity contribution in [1.82, 2.24) is 0 Å². The van der Waals surface area contributed by atoms with Crippen LogP contribution in [0.15, 0.2) is 33.6 Å². The molecule has 0 aliphatic rings. The molecule has 0 heterocycles. The molecule has 0 spiro atoms. The van der Waals surface area contributed by atoms with Crippen LogP contribution in [0.25, 0.3) is 0 Å². The number of hydrogen-bond acceptors (Lipinski definition) is 4. The van der Waals surface area contributed by atoms with Crippen LogP contribution < -0.4 is 5.73 Å². The Bertz CT molecular complexity index is 360. The lowest BCUT2D eigenvalue weighted by Crippen LogP contribution is -2.31. The van der Waals surface area contributed by atoms with Crippen LogP contribution in [-0.4, -0.2) is 24.9 Å². The van der Waals surface area contributed by atoms with Crippen LogP contribution in [-0.2, 0) is 9.53 Å². The third kappa shape index (κ3) is 4.15. The zero-order chi connectivity index (χ0) is 12.0. The molecule has 16 heavy (non-hydrogen) atoms. The van der Waals surface area contributed by atoms with Crippen LogP contribution in [0.1, 0.15) is 6.42 Å². The molecule has 0 amide bonds. The van der Waals surface area contributed by atoms with Gasteiger partial charge in [0.15, 0.2) is 0 Å². The first-order valence-corrected chi connectivity index (χ1v) is 6.63. The number of hydrogen-bond donors (Lipinski definition) is 1. The highest BCUT2D eigenvalue weighted by molar-refractivity contribution is 9.10. The summed E-state index contributed by atoms with van der Waals surface area (Å²) in [4.78, 5) is 12.2. The number of halogens is 1. The summed E-state index contributed by atoms with van der Waals surface area (Å²) in [5.41, 5.74) is 5.63. The van der Waals surface area contributed by atoms with E-state index in [2.05, 4.69) is 20.7 Å². The van der Waals surface area contributed by atoms with E-state index in [9.17, 15) is 4.79 Å². The van der Waals surface area contributed by atoms with Gasteiger partial charge in [0.25, 0.3) is 0 Å². The maximum atomic E-state index is 11.1. The van der Waals surface area contributed by atoms with E-state index in [0.29, 0.717) is 6.42 Å². The quantitative estimate of drug-likeness (QED) is 0.670. The number of rotatable bonds is 5. The van der Waals surface area contributed by atoms with Crippen molar-refractivity contribution < 1.29 is 9.53 Å². The zero-order valence-electron chi connectivity index (χ0n) is 8.98. The van der Waals surface area contributed by atoms with Gasteiger partial charge in [0.1, 0.15) is 6.04 Å². The highest BCUT2D eigenvalue weighted by Gasteiger charge is 2.13. The molecule has 3 nitrogen and oxygen atoms in total. The summed E-state index contributed by atoms with van der Waals surface area (Å²) in [7, 11) is 1.35. The molecule has 0 bridgehead atoms. The number of methoxy groups -OCH3 is 1. The lowest BCUT2D eigenvalue weighted by Gasteiger charge is -2.09. The Labute approximate surface area is 108 Å². The molecule has 1 atom stereocenters. The van der Waals surface area contributed by atoms with Crippen LogP contribution in [0, 0.1) is 0 Å². The summed E-state index contributed by atoms with van der Waals surface area (Å²) in [6.45, 7) is 0. The fourth-order valence-corrected chi connectivity index (χ4v) is 2.73. The highest BCUT2D eigenvalue weighted by atomic mass is 79.9. The van der Waals surface area contributed by atoms with E-state index in [4.69, 9.17) is 5.73 Å². The number of carbonyl (C=O) groups is 1. The minimum Gasteiger partial charge on any atom is -0.468 e. The third-order valence-electron chi connectivity index (χ3n) is 2.03. The summed E-state index contributed by atoms with van der Waals surface area (Å²) in [5, 5.41) is 0. The molecule has 2 N–H and O–H groups in total. The zero-order valence-corrected chi connectivity index (χ0v) is 11.4. The molecule has 1 aromatic rings. The van der Waals surface area contributed by atoms with Crippen LogP contribution in [0.3, 0.4) is 0 Å². The second-order valence-electron chi connectivity index (χ2n) is 3.20. The predicted molar refractivity (Wildman–Crippen MR) is 69.5 cm³/mol. The number of esters is 1. The molecule has 0 aromatic heterocycles. The number of carbonyl (C=O) groups excluding carboxylic acids is 1.